The Hall–Kier alpha value is -2.05. The summed E-state index contributed by atoms with van der Waals surface area (Å²) in [5, 5.41) is 9.09. The van der Waals surface area contributed by atoms with Crippen molar-refractivity contribution in [3.05, 3.63) is 47.8 Å². The fraction of sp³-hybridized carbons (Fsp3) is 0.389. The van der Waals surface area contributed by atoms with Gasteiger partial charge in [0.2, 0.25) is 0 Å². The van der Waals surface area contributed by atoms with Crippen LogP contribution in [0.4, 0.5) is 0 Å². The Bertz CT molecular complexity index is 672. The number of benzene rings is 1. The Kier molecular flexibility index (Phi) is 3.81. The van der Waals surface area contributed by atoms with Crippen molar-refractivity contribution < 1.29 is 0 Å². The summed E-state index contributed by atoms with van der Waals surface area (Å²) in [6.07, 6.45) is 4.65. The molecule has 1 atom stereocenters. The van der Waals surface area contributed by atoms with Crippen LogP contribution in [0.25, 0.3) is 11.1 Å². The van der Waals surface area contributed by atoms with E-state index in [1.165, 1.54) is 37.1 Å². The van der Waals surface area contributed by atoms with E-state index in [1.54, 1.807) is 0 Å². The molecule has 3 rings (SSSR count). The number of nitrogens with zero attached hydrogens (tertiary/aromatic N) is 3. The van der Waals surface area contributed by atoms with Gasteiger partial charge in [0.25, 0.3) is 0 Å². The summed E-state index contributed by atoms with van der Waals surface area (Å²) in [5.41, 5.74) is 4.36. The summed E-state index contributed by atoms with van der Waals surface area (Å²) in [5.74, 6) is 0. The molecule has 1 aliphatic heterocycles. The Balaban J connectivity index is 1.90. The predicted molar refractivity (Wildman–Crippen MR) is 84.8 cm³/mol. The highest BCUT2D eigenvalue weighted by Gasteiger charge is 2.19. The highest BCUT2D eigenvalue weighted by Crippen LogP contribution is 2.29. The van der Waals surface area contributed by atoms with Crippen LogP contribution in [0.15, 0.2) is 36.5 Å². The van der Waals surface area contributed by atoms with Crippen LogP contribution in [0, 0.1) is 11.3 Å². The van der Waals surface area contributed by atoms with E-state index in [-0.39, 0.29) is 0 Å². The second-order valence-electron chi connectivity index (χ2n) is 5.88. The minimum Gasteiger partial charge on any atom is -0.342 e. The normalized spacial score (nSPS) is 16.8. The van der Waals surface area contributed by atoms with Gasteiger partial charge < -0.3 is 4.57 Å². The van der Waals surface area contributed by atoms with E-state index < -0.39 is 0 Å². The molecule has 0 unspecified atom stereocenters. The number of likely N-dealkylation sites (tertiary alicyclic amines) is 1. The largest absolute Gasteiger partial charge is 0.342 e. The molecule has 1 saturated heterocycles. The molecule has 2 heterocycles. The van der Waals surface area contributed by atoms with E-state index in [0.717, 1.165) is 5.56 Å². The summed E-state index contributed by atoms with van der Waals surface area (Å²) in [6.45, 7) is 4.70. The maximum Gasteiger partial charge on any atom is 0.120 e. The molecule has 108 valence electrons. The van der Waals surface area contributed by atoms with Crippen LogP contribution in [0.3, 0.4) is 0 Å². The van der Waals surface area contributed by atoms with Crippen molar-refractivity contribution in [3.63, 3.8) is 0 Å². The molecular weight excluding hydrogens is 258 g/mol. The zero-order valence-electron chi connectivity index (χ0n) is 12.7. The van der Waals surface area contributed by atoms with Crippen molar-refractivity contribution in [2.75, 3.05) is 13.1 Å². The fourth-order valence-corrected chi connectivity index (χ4v) is 3.15. The molecule has 0 saturated carbocycles. The molecule has 1 aliphatic rings. The summed E-state index contributed by atoms with van der Waals surface area (Å²) < 4.78 is 1.88. The molecular formula is C18H21N3. The van der Waals surface area contributed by atoms with E-state index in [9.17, 15) is 0 Å². The van der Waals surface area contributed by atoms with Crippen molar-refractivity contribution in [2.45, 2.75) is 25.8 Å². The highest BCUT2D eigenvalue weighted by molar-refractivity contribution is 5.65. The number of nitriles is 1. The SMILES string of the molecule is C[C@H](c1cccc(-c2cc(C#N)n(C)c2)c1)N1CCCC1. The second-order valence-corrected chi connectivity index (χ2v) is 5.88. The molecule has 2 aromatic rings. The van der Waals surface area contributed by atoms with Crippen LogP contribution >= 0.6 is 0 Å². The number of aryl methyl sites for hydroxylation is 1. The molecule has 0 aliphatic carbocycles. The zero-order valence-corrected chi connectivity index (χ0v) is 12.7. The topological polar surface area (TPSA) is 32.0 Å². The lowest BCUT2D eigenvalue weighted by atomic mass is 10.0. The number of rotatable bonds is 3. The molecule has 0 bridgehead atoms. The van der Waals surface area contributed by atoms with Crippen LogP contribution in [-0.2, 0) is 7.05 Å². The van der Waals surface area contributed by atoms with Crippen molar-refractivity contribution in [1.29, 1.82) is 5.26 Å². The maximum atomic E-state index is 9.09. The van der Waals surface area contributed by atoms with Gasteiger partial charge in [-0.15, -0.1) is 0 Å². The number of hydrogen-bond acceptors (Lipinski definition) is 2. The first-order chi connectivity index (χ1) is 10.2. The smallest absolute Gasteiger partial charge is 0.120 e. The molecule has 3 heteroatoms. The average Bonchev–Trinajstić information content (AvgIpc) is 3.16. The van der Waals surface area contributed by atoms with Crippen LogP contribution < -0.4 is 0 Å². The lowest BCUT2D eigenvalue weighted by Crippen LogP contribution is -2.23. The summed E-state index contributed by atoms with van der Waals surface area (Å²) in [4.78, 5) is 2.55. The van der Waals surface area contributed by atoms with Gasteiger partial charge in [0, 0.05) is 24.8 Å². The van der Waals surface area contributed by atoms with E-state index in [0.29, 0.717) is 11.7 Å². The van der Waals surface area contributed by atoms with E-state index in [1.807, 2.05) is 23.9 Å². The van der Waals surface area contributed by atoms with Crippen LogP contribution in [0.1, 0.15) is 37.1 Å². The first-order valence-electron chi connectivity index (χ1n) is 7.60. The van der Waals surface area contributed by atoms with Crippen molar-refractivity contribution in [1.82, 2.24) is 9.47 Å². The Morgan fingerprint density at radius 1 is 1.14 bits per heavy atom. The molecule has 1 fully saturated rings. The molecule has 0 radical (unpaired) electrons. The molecule has 0 spiro atoms. The molecule has 0 N–H and O–H groups in total. The van der Waals surface area contributed by atoms with Gasteiger partial charge >= 0.3 is 0 Å². The molecule has 21 heavy (non-hydrogen) atoms. The second kappa shape index (κ2) is 5.75. The quantitative estimate of drug-likeness (QED) is 0.857. The third-order valence-electron chi connectivity index (χ3n) is 4.51. The predicted octanol–water partition coefficient (Wildman–Crippen LogP) is 3.72. The van der Waals surface area contributed by atoms with Crippen molar-refractivity contribution in [3.8, 4) is 17.2 Å². The zero-order chi connectivity index (χ0) is 14.8. The van der Waals surface area contributed by atoms with Crippen LogP contribution in [-0.4, -0.2) is 22.6 Å². The van der Waals surface area contributed by atoms with Crippen molar-refractivity contribution >= 4 is 0 Å². The first-order valence-corrected chi connectivity index (χ1v) is 7.60. The molecule has 3 nitrogen and oxygen atoms in total. The van der Waals surface area contributed by atoms with E-state index in [4.69, 9.17) is 5.26 Å². The lowest BCUT2D eigenvalue weighted by molar-refractivity contribution is 0.263. The number of aromatic nitrogens is 1. The monoisotopic (exact) mass is 279 g/mol. The van der Waals surface area contributed by atoms with Gasteiger partial charge in [-0.1, -0.05) is 18.2 Å². The third kappa shape index (κ3) is 2.72. The standard InChI is InChI=1S/C18H21N3/c1-14(21-8-3-4-9-21)15-6-5-7-16(10-15)17-11-18(12-19)20(2)13-17/h5-7,10-11,13-14H,3-4,8-9H2,1-2H3/t14-/m1/s1. The Morgan fingerprint density at radius 3 is 2.57 bits per heavy atom. The summed E-state index contributed by atoms with van der Waals surface area (Å²) in [6, 6.07) is 13.4. The molecule has 1 aromatic carbocycles. The Morgan fingerprint density at radius 2 is 1.90 bits per heavy atom. The summed E-state index contributed by atoms with van der Waals surface area (Å²) in [7, 11) is 1.92. The molecule has 1 aromatic heterocycles. The van der Waals surface area contributed by atoms with Crippen LogP contribution in [0.5, 0.6) is 0 Å². The van der Waals surface area contributed by atoms with Gasteiger partial charge in [0.15, 0.2) is 0 Å². The lowest BCUT2D eigenvalue weighted by Gasteiger charge is -2.24. The maximum absolute atomic E-state index is 9.09. The third-order valence-corrected chi connectivity index (χ3v) is 4.51. The fourth-order valence-electron chi connectivity index (χ4n) is 3.15. The van der Waals surface area contributed by atoms with Crippen LogP contribution in [0.2, 0.25) is 0 Å². The van der Waals surface area contributed by atoms with Gasteiger partial charge in [0.05, 0.1) is 0 Å². The van der Waals surface area contributed by atoms with Gasteiger partial charge in [0.1, 0.15) is 11.8 Å². The first kappa shape index (κ1) is 13.9. The minimum atomic E-state index is 0.464. The van der Waals surface area contributed by atoms with E-state index >= 15 is 0 Å². The van der Waals surface area contributed by atoms with Crippen molar-refractivity contribution in [2.24, 2.45) is 7.05 Å². The molecule has 0 amide bonds. The number of hydrogen-bond donors (Lipinski definition) is 0. The van der Waals surface area contributed by atoms with Gasteiger partial charge in [-0.05, 0) is 56.1 Å². The van der Waals surface area contributed by atoms with Gasteiger partial charge in [-0.2, -0.15) is 5.26 Å². The highest BCUT2D eigenvalue weighted by atomic mass is 15.2. The van der Waals surface area contributed by atoms with Gasteiger partial charge in [-0.3, -0.25) is 4.90 Å². The van der Waals surface area contributed by atoms with E-state index in [2.05, 4.69) is 42.2 Å². The Labute approximate surface area is 126 Å². The summed E-state index contributed by atoms with van der Waals surface area (Å²) >= 11 is 0. The average molecular weight is 279 g/mol. The van der Waals surface area contributed by atoms with Gasteiger partial charge in [-0.25, -0.2) is 0 Å². The minimum absolute atomic E-state index is 0.464.